The van der Waals surface area contributed by atoms with Crippen LogP contribution in [0.3, 0.4) is 0 Å². The summed E-state index contributed by atoms with van der Waals surface area (Å²) in [6.45, 7) is 6.20. The zero-order valence-corrected chi connectivity index (χ0v) is 14.2. The predicted octanol–water partition coefficient (Wildman–Crippen LogP) is 5.12. The molecular weight excluding hydrogens is 294 g/mol. The van der Waals surface area contributed by atoms with E-state index in [1.54, 1.807) is 13.2 Å². The van der Waals surface area contributed by atoms with Crippen LogP contribution in [0.4, 0.5) is 0 Å². The average Bonchev–Trinajstić information content (AvgIpc) is 2.45. The quantitative estimate of drug-likeness (QED) is 0.784. The molecule has 0 aliphatic heterocycles. The molecule has 2 rings (SSSR count). The fourth-order valence-electron chi connectivity index (χ4n) is 3.08. The third-order valence-corrected chi connectivity index (χ3v) is 4.14. The molecule has 0 bridgehead atoms. The van der Waals surface area contributed by atoms with Crippen molar-refractivity contribution in [3.05, 3.63) is 63.2 Å². The van der Waals surface area contributed by atoms with Crippen LogP contribution < -0.4 is 4.74 Å². The molecule has 0 heterocycles. The van der Waals surface area contributed by atoms with Gasteiger partial charge in [-0.2, -0.15) is 5.26 Å². The van der Waals surface area contributed by atoms with Gasteiger partial charge < -0.3 is 4.74 Å². The number of hydrogen-bond donors (Lipinski definition) is 0. The number of ether oxygens (including phenoxy) is 1. The summed E-state index contributed by atoms with van der Waals surface area (Å²) in [5, 5.41) is 10.3. The Kier molecular flexibility index (Phi) is 5.11. The first-order valence-corrected chi connectivity index (χ1v) is 7.63. The molecular formula is C19H20ClNO. The number of nitriles is 1. The van der Waals surface area contributed by atoms with Gasteiger partial charge in [0.25, 0.3) is 0 Å². The van der Waals surface area contributed by atoms with E-state index in [9.17, 15) is 5.26 Å². The minimum Gasteiger partial charge on any atom is -0.496 e. The van der Waals surface area contributed by atoms with Crippen LogP contribution in [0.25, 0.3) is 0 Å². The molecule has 0 saturated heterocycles. The lowest BCUT2D eigenvalue weighted by Gasteiger charge is -2.18. The second-order valence-corrected chi connectivity index (χ2v) is 6.09. The summed E-state index contributed by atoms with van der Waals surface area (Å²) in [7, 11) is 1.64. The number of hydrogen-bond acceptors (Lipinski definition) is 2. The van der Waals surface area contributed by atoms with Gasteiger partial charge in [0.2, 0.25) is 0 Å². The zero-order valence-electron chi connectivity index (χ0n) is 13.4. The molecule has 3 heteroatoms. The van der Waals surface area contributed by atoms with Gasteiger partial charge in [-0.05, 0) is 67.6 Å². The molecule has 1 atom stereocenters. The average molecular weight is 314 g/mol. The van der Waals surface area contributed by atoms with Crippen LogP contribution in [0.2, 0.25) is 5.02 Å². The van der Waals surface area contributed by atoms with E-state index in [4.69, 9.17) is 16.3 Å². The highest BCUT2D eigenvalue weighted by Crippen LogP contribution is 2.32. The topological polar surface area (TPSA) is 33.0 Å². The molecule has 1 unspecified atom stereocenters. The van der Waals surface area contributed by atoms with Crippen molar-refractivity contribution >= 4 is 11.6 Å². The number of halogens is 1. The summed E-state index contributed by atoms with van der Waals surface area (Å²) >= 11 is 6.09. The highest BCUT2D eigenvalue weighted by Gasteiger charge is 2.19. The summed E-state index contributed by atoms with van der Waals surface area (Å²) < 4.78 is 5.39. The molecule has 2 nitrogen and oxygen atoms in total. The first kappa shape index (κ1) is 16.4. The highest BCUT2D eigenvalue weighted by atomic mass is 35.5. The van der Waals surface area contributed by atoms with Crippen molar-refractivity contribution in [3.63, 3.8) is 0 Å². The maximum atomic E-state index is 9.67. The molecule has 0 aliphatic rings. The Hall–Kier alpha value is -1.98. The van der Waals surface area contributed by atoms with Gasteiger partial charge in [0.1, 0.15) is 5.75 Å². The van der Waals surface area contributed by atoms with Gasteiger partial charge in [0, 0.05) is 5.02 Å². The normalized spacial score (nSPS) is 11.8. The Morgan fingerprint density at radius 1 is 1.14 bits per heavy atom. The van der Waals surface area contributed by atoms with Crippen molar-refractivity contribution in [2.45, 2.75) is 33.1 Å². The minimum absolute atomic E-state index is 0.215. The SMILES string of the molecule is COc1ccc(Cl)cc1CC(C#N)c1c(C)cc(C)cc1C. The van der Waals surface area contributed by atoms with Crippen molar-refractivity contribution < 1.29 is 4.74 Å². The van der Waals surface area contributed by atoms with Crippen LogP contribution >= 0.6 is 11.6 Å². The van der Waals surface area contributed by atoms with Crippen molar-refractivity contribution in [2.24, 2.45) is 0 Å². The lowest BCUT2D eigenvalue weighted by atomic mass is 9.86. The Morgan fingerprint density at radius 2 is 1.77 bits per heavy atom. The van der Waals surface area contributed by atoms with Gasteiger partial charge in [-0.1, -0.05) is 29.3 Å². The molecule has 22 heavy (non-hydrogen) atoms. The monoisotopic (exact) mass is 313 g/mol. The zero-order chi connectivity index (χ0) is 16.3. The standard InChI is InChI=1S/C19H20ClNO/c1-12-7-13(2)19(14(3)8-12)16(11-21)9-15-10-17(20)5-6-18(15)22-4/h5-8,10,16H,9H2,1-4H3. The number of aryl methyl sites for hydroxylation is 3. The second-order valence-electron chi connectivity index (χ2n) is 5.65. The summed E-state index contributed by atoms with van der Waals surface area (Å²) in [6, 6.07) is 12.2. The van der Waals surface area contributed by atoms with E-state index in [1.165, 1.54) is 5.56 Å². The van der Waals surface area contributed by atoms with E-state index < -0.39 is 0 Å². The molecule has 0 aliphatic carbocycles. The largest absolute Gasteiger partial charge is 0.496 e. The van der Waals surface area contributed by atoms with Gasteiger partial charge in [0.05, 0.1) is 19.1 Å². The molecule has 0 N–H and O–H groups in total. The fourth-order valence-corrected chi connectivity index (χ4v) is 3.27. The molecule has 2 aromatic rings. The van der Waals surface area contributed by atoms with Gasteiger partial charge >= 0.3 is 0 Å². The maximum absolute atomic E-state index is 9.67. The molecule has 2 aromatic carbocycles. The van der Waals surface area contributed by atoms with E-state index in [2.05, 4.69) is 39.0 Å². The van der Waals surface area contributed by atoms with E-state index in [1.807, 2.05) is 12.1 Å². The van der Waals surface area contributed by atoms with Gasteiger partial charge in [0.15, 0.2) is 0 Å². The van der Waals surface area contributed by atoms with Crippen molar-refractivity contribution in [2.75, 3.05) is 7.11 Å². The second kappa shape index (κ2) is 6.85. The molecule has 0 saturated carbocycles. The Labute approximate surface area is 137 Å². The molecule has 0 radical (unpaired) electrons. The summed E-state index contributed by atoms with van der Waals surface area (Å²) in [5.41, 5.74) is 5.60. The summed E-state index contributed by atoms with van der Waals surface area (Å²) in [4.78, 5) is 0. The van der Waals surface area contributed by atoms with Crippen LogP contribution in [0, 0.1) is 32.1 Å². The molecule has 0 spiro atoms. The lowest BCUT2D eigenvalue weighted by molar-refractivity contribution is 0.409. The third-order valence-electron chi connectivity index (χ3n) is 3.91. The fraction of sp³-hybridized carbons (Fsp3) is 0.316. The van der Waals surface area contributed by atoms with Crippen LogP contribution in [0.5, 0.6) is 5.75 Å². The first-order chi connectivity index (χ1) is 10.5. The maximum Gasteiger partial charge on any atom is 0.122 e. The van der Waals surface area contributed by atoms with Crippen LogP contribution in [-0.2, 0) is 6.42 Å². The number of nitrogens with zero attached hydrogens (tertiary/aromatic N) is 1. The lowest BCUT2D eigenvalue weighted by Crippen LogP contribution is -2.07. The van der Waals surface area contributed by atoms with E-state index in [-0.39, 0.29) is 5.92 Å². The number of rotatable bonds is 4. The van der Waals surface area contributed by atoms with Crippen LogP contribution in [0.15, 0.2) is 30.3 Å². The van der Waals surface area contributed by atoms with Crippen molar-refractivity contribution in [1.82, 2.24) is 0 Å². The van der Waals surface area contributed by atoms with Gasteiger partial charge in [-0.25, -0.2) is 0 Å². The van der Waals surface area contributed by atoms with Crippen molar-refractivity contribution in [1.29, 1.82) is 5.26 Å². The predicted molar refractivity (Wildman–Crippen MR) is 90.7 cm³/mol. The van der Waals surface area contributed by atoms with Crippen molar-refractivity contribution in [3.8, 4) is 11.8 Å². The number of methoxy groups -OCH3 is 1. The first-order valence-electron chi connectivity index (χ1n) is 7.26. The summed E-state index contributed by atoms with van der Waals surface area (Å²) in [6.07, 6.45) is 0.588. The Morgan fingerprint density at radius 3 is 2.32 bits per heavy atom. The highest BCUT2D eigenvalue weighted by molar-refractivity contribution is 6.30. The van der Waals surface area contributed by atoms with E-state index in [0.29, 0.717) is 11.4 Å². The van der Waals surface area contributed by atoms with Crippen LogP contribution in [0.1, 0.15) is 33.7 Å². The molecule has 0 amide bonds. The van der Waals surface area contributed by atoms with Gasteiger partial charge in [-0.15, -0.1) is 0 Å². The molecule has 0 fully saturated rings. The third kappa shape index (κ3) is 3.43. The van der Waals surface area contributed by atoms with Gasteiger partial charge in [-0.3, -0.25) is 0 Å². The van der Waals surface area contributed by atoms with E-state index >= 15 is 0 Å². The molecule has 0 aromatic heterocycles. The summed E-state index contributed by atoms with van der Waals surface area (Å²) in [5.74, 6) is 0.556. The number of benzene rings is 2. The Balaban J connectivity index is 2.43. The molecule has 114 valence electrons. The van der Waals surface area contributed by atoms with E-state index in [0.717, 1.165) is 28.0 Å². The minimum atomic E-state index is -0.215. The smallest absolute Gasteiger partial charge is 0.122 e. The van der Waals surface area contributed by atoms with Crippen LogP contribution in [-0.4, -0.2) is 7.11 Å². The Bertz CT molecular complexity index is 708.